The lowest BCUT2D eigenvalue weighted by Gasteiger charge is -2.29. The molecular formula is C14H22N2. The van der Waals surface area contributed by atoms with Crippen LogP contribution in [0.15, 0.2) is 18.2 Å². The minimum absolute atomic E-state index is 0.821. The number of likely N-dealkylation sites (tertiary alicyclic amines) is 1. The van der Waals surface area contributed by atoms with Crippen molar-refractivity contribution in [2.45, 2.75) is 26.2 Å². The van der Waals surface area contributed by atoms with Gasteiger partial charge in [0.2, 0.25) is 0 Å². The zero-order chi connectivity index (χ0) is 11.5. The van der Waals surface area contributed by atoms with Gasteiger partial charge in [-0.3, -0.25) is 0 Å². The van der Waals surface area contributed by atoms with Crippen LogP contribution in [-0.2, 0) is 6.42 Å². The van der Waals surface area contributed by atoms with Crippen molar-refractivity contribution in [2.75, 3.05) is 25.9 Å². The average molecular weight is 218 g/mol. The number of hydrogen-bond acceptors (Lipinski definition) is 2. The van der Waals surface area contributed by atoms with E-state index in [-0.39, 0.29) is 0 Å². The largest absolute Gasteiger partial charge is 0.398 e. The van der Waals surface area contributed by atoms with Crippen LogP contribution in [0.4, 0.5) is 5.69 Å². The van der Waals surface area contributed by atoms with Gasteiger partial charge in [0, 0.05) is 5.69 Å². The number of nitrogen functional groups attached to an aromatic ring is 1. The molecule has 0 unspecified atom stereocenters. The Hall–Kier alpha value is -1.02. The fourth-order valence-corrected chi connectivity index (χ4v) is 2.48. The normalized spacial score (nSPS) is 18.9. The lowest BCUT2D eigenvalue weighted by Crippen LogP contribution is -2.31. The Balaban J connectivity index is 1.98. The van der Waals surface area contributed by atoms with Gasteiger partial charge in [-0.2, -0.15) is 0 Å². The molecule has 88 valence electrons. The van der Waals surface area contributed by atoms with Gasteiger partial charge in [0.1, 0.15) is 0 Å². The minimum atomic E-state index is 0.821. The molecule has 0 atom stereocenters. The highest BCUT2D eigenvalue weighted by Crippen LogP contribution is 2.24. The lowest BCUT2D eigenvalue weighted by atomic mass is 9.89. The van der Waals surface area contributed by atoms with Crippen LogP contribution in [-0.4, -0.2) is 25.0 Å². The summed E-state index contributed by atoms with van der Waals surface area (Å²) in [6, 6.07) is 6.45. The molecule has 1 heterocycles. The monoisotopic (exact) mass is 218 g/mol. The van der Waals surface area contributed by atoms with Gasteiger partial charge in [-0.05, 0) is 69.4 Å². The SMILES string of the molecule is Cc1ccc(CC2CCN(C)CC2)c(N)c1. The summed E-state index contributed by atoms with van der Waals surface area (Å²) < 4.78 is 0. The third-order valence-electron chi connectivity index (χ3n) is 3.65. The van der Waals surface area contributed by atoms with Crippen LogP contribution in [0.3, 0.4) is 0 Å². The lowest BCUT2D eigenvalue weighted by molar-refractivity contribution is 0.219. The van der Waals surface area contributed by atoms with Gasteiger partial charge in [-0.15, -0.1) is 0 Å². The molecule has 0 spiro atoms. The number of aryl methyl sites for hydroxylation is 1. The Kier molecular flexibility index (Phi) is 3.49. The predicted molar refractivity (Wildman–Crippen MR) is 69.5 cm³/mol. The summed E-state index contributed by atoms with van der Waals surface area (Å²) in [6.45, 7) is 4.56. The first-order valence-corrected chi connectivity index (χ1v) is 6.18. The molecule has 2 rings (SSSR count). The van der Waals surface area contributed by atoms with Crippen LogP contribution in [0.2, 0.25) is 0 Å². The van der Waals surface area contributed by atoms with E-state index in [2.05, 4.69) is 37.1 Å². The first-order chi connectivity index (χ1) is 7.65. The Labute approximate surface area is 98.4 Å². The van der Waals surface area contributed by atoms with E-state index in [9.17, 15) is 0 Å². The smallest absolute Gasteiger partial charge is 0.0349 e. The number of hydrogen-bond donors (Lipinski definition) is 1. The molecule has 1 saturated heterocycles. The van der Waals surface area contributed by atoms with Crippen LogP contribution in [0.5, 0.6) is 0 Å². The maximum atomic E-state index is 6.06. The second kappa shape index (κ2) is 4.88. The molecular weight excluding hydrogens is 196 g/mol. The van der Waals surface area contributed by atoms with Crippen LogP contribution >= 0.6 is 0 Å². The molecule has 2 nitrogen and oxygen atoms in total. The van der Waals surface area contributed by atoms with Gasteiger partial charge in [0.15, 0.2) is 0 Å². The molecule has 0 amide bonds. The molecule has 16 heavy (non-hydrogen) atoms. The molecule has 1 fully saturated rings. The van der Waals surface area contributed by atoms with E-state index in [1.54, 1.807) is 0 Å². The fourth-order valence-electron chi connectivity index (χ4n) is 2.48. The highest BCUT2D eigenvalue weighted by Gasteiger charge is 2.17. The number of benzene rings is 1. The number of nitrogens with two attached hydrogens (primary N) is 1. The highest BCUT2D eigenvalue weighted by molar-refractivity contribution is 5.49. The highest BCUT2D eigenvalue weighted by atomic mass is 15.1. The Morgan fingerprint density at radius 2 is 2.00 bits per heavy atom. The van der Waals surface area contributed by atoms with Gasteiger partial charge in [0.05, 0.1) is 0 Å². The minimum Gasteiger partial charge on any atom is -0.398 e. The molecule has 1 aliphatic rings. The van der Waals surface area contributed by atoms with Crippen molar-refractivity contribution in [1.82, 2.24) is 4.90 Å². The average Bonchev–Trinajstić information content (AvgIpc) is 2.25. The van der Waals surface area contributed by atoms with E-state index in [0.29, 0.717) is 0 Å². The second-order valence-corrected chi connectivity index (χ2v) is 5.15. The molecule has 0 bridgehead atoms. The first kappa shape index (κ1) is 11.5. The molecule has 0 aliphatic carbocycles. The van der Waals surface area contributed by atoms with Crippen molar-refractivity contribution >= 4 is 5.69 Å². The Bertz CT molecular complexity index is 352. The van der Waals surface area contributed by atoms with E-state index in [4.69, 9.17) is 5.73 Å². The third-order valence-corrected chi connectivity index (χ3v) is 3.65. The van der Waals surface area contributed by atoms with Crippen LogP contribution in [0.1, 0.15) is 24.0 Å². The van der Waals surface area contributed by atoms with Gasteiger partial charge in [-0.25, -0.2) is 0 Å². The summed E-state index contributed by atoms with van der Waals surface area (Å²) in [4.78, 5) is 2.41. The molecule has 2 heteroatoms. The number of anilines is 1. The fraction of sp³-hybridized carbons (Fsp3) is 0.571. The maximum absolute atomic E-state index is 6.06. The summed E-state index contributed by atoms with van der Waals surface area (Å²) in [7, 11) is 2.20. The van der Waals surface area contributed by atoms with Crippen molar-refractivity contribution < 1.29 is 0 Å². The van der Waals surface area contributed by atoms with E-state index in [0.717, 1.165) is 18.0 Å². The quantitative estimate of drug-likeness (QED) is 0.773. The van der Waals surface area contributed by atoms with Crippen LogP contribution in [0.25, 0.3) is 0 Å². The Morgan fingerprint density at radius 3 is 2.62 bits per heavy atom. The van der Waals surface area contributed by atoms with Crippen molar-refractivity contribution in [3.05, 3.63) is 29.3 Å². The van der Waals surface area contributed by atoms with E-state index < -0.39 is 0 Å². The van der Waals surface area contributed by atoms with Crippen LogP contribution < -0.4 is 5.73 Å². The van der Waals surface area contributed by atoms with Crippen molar-refractivity contribution in [2.24, 2.45) is 5.92 Å². The summed E-state index contributed by atoms with van der Waals surface area (Å²) in [5.41, 5.74) is 9.61. The molecule has 0 saturated carbocycles. The topological polar surface area (TPSA) is 29.3 Å². The number of rotatable bonds is 2. The molecule has 0 radical (unpaired) electrons. The van der Waals surface area contributed by atoms with E-state index >= 15 is 0 Å². The van der Waals surface area contributed by atoms with Crippen molar-refractivity contribution in [1.29, 1.82) is 0 Å². The standard InChI is InChI=1S/C14H22N2/c1-11-3-4-13(14(15)9-11)10-12-5-7-16(2)8-6-12/h3-4,9,12H,5-8,10,15H2,1-2H3. The van der Waals surface area contributed by atoms with E-state index in [1.807, 2.05) is 0 Å². The first-order valence-electron chi connectivity index (χ1n) is 6.18. The van der Waals surface area contributed by atoms with Gasteiger partial charge < -0.3 is 10.6 Å². The summed E-state index contributed by atoms with van der Waals surface area (Å²) >= 11 is 0. The summed E-state index contributed by atoms with van der Waals surface area (Å²) in [6.07, 6.45) is 3.77. The number of piperidine rings is 1. The van der Waals surface area contributed by atoms with Gasteiger partial charge >= 0.3 is 0 Å². The summed E-state index contributed by atoms with van der Waals surface area (Å²) in [5, 5.41) is 0. The maximum Gasteiger partial charge on any atom is 0.0349 e. The number of nitrogens with zero attached hydrogens (tertiary/aromatic N) is 1. The molecule has 1 aliphatic heterocycles. The van der Waals surface area contributed by atoms with E-state index in [1.165, 1.54) is 37.1 Å². The zero-order valence-corrected chi connectivity index (χ0v) is 10.4. The molecule has 1 aromatic carbocycles. The molecule has 2 N–H and O–H groups in total. The van der Waals surface area contributed by atoms with Crippen molar-refractivity contribution in [3.63, 3.8) is 0 Å². The zero-order valence-electron chi connectivity index (χ0n) is 10.4. The van der Waals surface area contributed by atoms with Gasteiger partial charge in [0.25, 0.3) is 0 Å². The summed E-state index contributed by atoms with van der Waals surface area (Å²) in [5.74, 6) is 0.821. The van der Waals surface area contributed by atoms with Crippen LogP contribution in [0, 0.1) is 12.8 Å². The predicted octanol–water partition coefficient (Wildman–Crippen LogP) is 2.46. The third kappa shape index (κ3) is 2.76. The molecule has 1 aromatic rings. The van der Waals surface area contributed by atoms with Gasteiger partial charge in [-0.1, -0.05) is 12.1 Å². The second-order valence-electron chi connectivity index (χ2n) is 5.15. The molecule has 0 aromatic heterocycles. The van der Waals surface area contributed by atoms with Crippen molar-refractivity contribution in [3.8, 4) is 0 Å². The Morgan fingerprint density at radius 1 is 1.31 bits per heavy atom.